The fraction of sp³-hybridized carbons (Fsp3) is 0.538. The third-order valence-electron chi connectivity index (χ3n) is 3.51. The average Bonchev–Trinajstić information content (AvgIpc) is 2.30. The van der Waals surface area contributed by atoms with Crippen LogP contribution in [0.1, 0.15) is 43.0 Å². The van der Waals surface area contributed by atoms with Gasteiger partial charge in [0.25, 0.3) is 0 Å². The van der Waals surface area contributed by atoms with Gasteiger partial charge in [-0.05, 0) is 24.8 Å². The SMILES string of the molecule is CC1CCC(C(=O)c2cnccc2N)CC1. The Morgan fingerprint density at radius 1 is 1.38 bits per heavy atom. The van der Waals surface area contributed by atoms with Gasteiger partial charge in [-0.2, -0.15) is 0 Å². The summed E-state index contributed by atoms with van der Waals surface area (Å²) in [6.07, 6.45) is 7.50. The molecule has 1 aromatic rings. The molecule has 3 nitrogen and oxygen atoms in total. The van der Waals surface area contributed by atoms with Crippen molar-refractivity contribution in [3.63, 3.8) is 0 Å². The van der Waals surface area contributed by atoms with Gasteiger partial charge in [-0.15, -0.1) is 0 Å². The number of hydrogen-bond donors (Lipinski definition) is 1. The monoisotopic (exact) mass is 218 g/mol. The Kier molecular flexibility index (Phi) is 3.22. The van der Waals surface area contributed by atoms with Gasteiger partial charge < -0.3 is 5.73 Å². The van der Waals surface area contributed by atoms with Crippen molar-refractivity contribution in [2.75, 3.05) is 5.73 Å². The highest BCUT2D eigenvalue weighted by Crippen LogP contribution is 2.31. The summed E-state index contributed by atoms with van der Waals surface area (Å²) in [5.74, 6) is 1.09. The number of carbonyl (C=O) groups excluding carboxylic acids is 1. The average molecular weight is 218 g/mol. The van der Waals surface area contributed by atoms with Crippen LogP contribution in [0.2, 0.25) is 0 Å². The van der Waals surface area contributed by atoms with E-state index in [4.69, 9.17) is 5.73 Å². The molecule has 2 rings (SSSR count). The van der Waals surface area contributed by atoms with Crippen LogP contribution in [-0.4, -0.2) is 10.8 Å². The number of ketones is 1. The molecule has 86 valence electrons. The number of aromatic nitrogens is 1. The van der Waals surface area contributed by atoms with Crippen molar-refractivity contribution in [3.8, 4) is 0 Å². The second-order valence-electron chi connectivity index (χ2n) is 4.78. The van der Waals surface area contributed by atoms with E-state index in [0.29, 0.717) is 11.3 Å². The predicted octanol–water partition coefficient (Wildman–Crippen LogP) is 2.67. The zero-order chi connectivity index (χ0) is 11.5. The molecule has 0 amide bonds. The number of pyridine rings is 1. The highest BCUT2D eigenvalue weighted by molar-refractivity contribution is 6.01. The summed E-state index contributed by atoms with van der Waals surface area (Å²) >= 11 is 0. The van der Waals surface area contributed by atoms with E-state index in [-0.39, 0.29) is 11.7 Å². The van der Waals surface area contributed by atoms with Crippen LogP contribution in [0.25, 0.3) is 0 Å². The van der Waals surface area contributed by atoms with E-state index >= 15 is 0 Å². The van der Waals surface area contributed by atoms with Crippen molar-refractivity contribution in [1.82, 2.24) is 4.98 Å². The van der Waals surface area contributed by atoms with E-state index < -0.39 is 0 Å². The first-order chi connectivity index (χ1) is 7.68. The van der Waals surface area contributed by atoms with Crippen molar-refractivity contribution in [1.29, 1.82) is 0 Å². The minimum Gasteiger partial charge on any atom is -0.398 e. The van der Waals surface area contributed by atoms with Crippen molar-refractivity contribution in [3.05, 3.63) is 24.0 Å². The number of nitrogen functional groups attached to an aromatic ring is 1. The molecule has 3 heteroatoms. The molecule has 2 N–H and O–H groups in total. The summed E-state index contributed by atoms with van der Waals surface area (Å²) in [6.45, 7) is 2.25. The topological polar surface area (TPSA) is 56.0 Å². The van der Waals surface area contributed by atoms with Gasteiger partial charge in [0, 0.05) is 24.0 Å². The Morgan fingerprint density at radius 2 is 2.06 bits per heavy atom. The van der Waals surface area contributed by atoms with Gasteiger partial charge in [-0.1, -0.05) is 19.8 Å². The zero-order valence-corrected chi connectivity index (χ0v) is 9.65. The molecule has 16 heavy (non-hydrogen) atoms. The third kappa shape index (κ3) is 2.23. The van der Waals surface area contributed by atoms with Crippen LogP contribution in [0, 0.1) is 11.8 Å². The number of Topliss-reactive ketones (excluding diaryl/α,β-unsaturated/α-hetero) is 1. The molecule has 0 aliphatic heterocycles. The van der Waals surface area contributed by atoms with Crippen LogP contribution in [0.3, 0.4) is 0 Å². The predicted molar refractivity (Wildman–Crippen MR) is 64.1 cm³/mol. The second kappa shape index (κ2) is 4.64. The van der Waals surface area contributed by atoms with E-state index in [1.54, 1.807) is 18.5 Å². The second-order valence-corrected chi connectivity index (χ2v) is 4.78. The number of nitrogens with two attached hydrogens (primary N) is 1. The molecule has 0 spiro atoms. The van der Waals surface area contributed by atoms with E-state index in [1.165, 1.54) is 0 Å². The first-order valence-corrected chi connectivity index (χ1v) is 5.92. The summed E-state index contributed by atoms with van der Waals surface area (Å²) in [4.78, 5) is 16.2. The zero-order valence-electron chi connectivity index (χ0n) is 9.65. The van der Waals surface area contributed by atoms with Crippen LogP contribution < -0.4 is 5.73 Å². The highest BCUT2D eigenvalue weighted by atomic mass is 16.1. The number of rotatable bonds is 2. The maximum atomic E-state index is 12.2. The molecule has 1 aliphatic rings. The summed E-state index contributed by atoms with van der Waals surface area (Å²) in [7, 11) is 0. The van der Waals surface area contributed by atoms with Crippen molar-refractivity contribution >= 4 is 11.5 Å². The third-order valence-corrected chi connectivity index (χ3v) is 3.51. The van der Waals surface area contributed by atoms with Crippen LogP contribution in [-0.2, 0) is 0 Å². The highest BCUT2D eigenvalue weighted by Gasteiger charge is 2.26. The lowest BCUT2D eigenvalue weighted by atomic mass is 9.79. The number of carbonyl (C=O) groups is 1. The fourth-order valence-corrected chi connectivity index (χ4v) is 2.35. The molecule has 0 radical (unpaired) electrons. The molecule has 1 aromatic heterocycles. The molecule has 0 aromatic carbocycles. The van der Waals surface area contributed by atoms with Gasteiger partial charge in [-0.3, -0.25) is 9.78 Å². The molecule has 1 saturated carbocycles. The minimum absolute atomic E-state index is 0.155. The first kappa shape index (κ1) is 11.1. The van der Waals surface area contributed by atoms with Gasteiger partial charge in [-0.25, -0.2) is 0 Å². The summed E-state index contributed by atoms with van der Waals surface area (Å²) in [5, 5.41) is 0. The Labute approximate surface area is 96.1 Å². The quantitative estimate of drug-likeness (QED) is 0.776. The minimum atomic E-state index is 0.155. The van der Waals surface area contributed by atoms with E-state index in [9.17, 15) is 4.79 Å². The van der Waals surface area contributed by atoms with E-state index in [1.807, 2.05) is 0 Å². The van der Waals surface area contributed by atoms with Crippen molar-refractivity contribution in [2.45, 2.75) is 32.6 Å². The molecular formula is C13H18N2O. The maximum absolute atomic E-state index is 12.2. The fourth-order valence-electron chi connectivity index (χ4n) is 2.35. The lowest BCUT2D eigenvalue weighted by Crippen LogP contribution is -2.21. The standard InChI is InChI=1S/C13H18N2O/c1-9-2-4-10(5-3-9)13(16)11-8-15-7-6-12(11)14/h6-10H,2-5H2,1H3,(H2,14,15). The van der Waals surface area contributed by atoms with Crippen LogP contribution in [0.4, 0.5) is 5.69 Å². The van der Waals surface area contributed by atoms with Crippen molar-refractivity contribution in [2.24, 2.45) is 11.8 Å². The Morgan fingerprint density at radius 3 is 2.69 bits per heavy atom. The largest absolute Gasteiger partial charge is 0.398 e. The van der Waals surface area contributed by atoms with Crippen LogP contribution in [0.5, 0.6) is 0 Å². The smallest absolute Gasteiger partial charge is 0.169 e. The Balaban J connectivity index is 2.11. The molecular weight excluding hydrogens is 200 g/mol. The lowest BCUT2D eigenvalue weighted by Gasteiger charge is -2.25. The first-order valence-electron chi connectivity index (χ1n) is 5.92. The van der Waals surface area contributed by atoms with E-state index in [0.717, 1.165) is 31.6 Å². The summed E-state index contributed by atoms with van der Waals surface area (Å²) in [5.41, 5.74) is 6.95. The van der Waals surface area contributed by atoms with Gasteiger partial charge >= 0.3 is 0 Å². The summed E-state index contributed by atoms with van der Waals surface area (Å²) in [6, 6.07) is 1.69. The molecule has 0 atom stereocenters. The lowest BCUT2D eigenvalue weighted by molar-refractivity contribution is 0.0876. The molecule has 1 aliphatic carbocycles. The van der Waals surface area contributed by atoms with E-state index in [2.05, 4.69) is 11.9 Å². The number of hydrogen-bond acceptors (Lipinski definition) is 3. The Bertz CT molecular complexity index is 381. The normalized spacial score (nSPS) is 25.3. The Hall–Kier alpha value is -1.38. The van der Waals surface area contributed by atoms with Gasteiger partial charge in [0.2, 0.25) is 0 Å². The van der Waals surface area contributed by atoms with Crippen molar-refractivity contribution < 1.29 is 4.79 Å². The molecule has 1 heterocycles. The number of anilines is 1. The summed E-state index contributed by atoms with van der Waals surface area (Å²) < 4.78 is 0. The van der Waals surface area contributed by atoms with Crippen LogP contribution in [0.15, 0.2) is 18.5 Å². The maximum Gasteiger partial charge on any atom is 0.169 e. The van der Waals surface area contributed by atoms with Gasteiger partial charge in [0.15, 0.2) is 5.78 Å². The molecule has 0 unspecified atom stereocenters. The number of nitrogens with zero attached hydrogens (tertiary/aromatic N) is 1. The van der Waals surface area contributed by atoms with Crippen LogP contribution >= 0.6 is 0 Å². The molecule has 1 fully saturated rings. The van der Waals surface area contributed by atoms with Gasteiger partial charge in [0.05, 0.1) is 5.56 Å². The molecule has 0 bridgehead atoms. The molecule has 0 saturated heterocycles. The van der Waals surface area contributed by atoms with Gasteiger partial charge in [0.1, 0.15) is 0 Å².